The zero-order valence-corrected chi connectivity index (χ0v) is 8.43. The van der Waals surface area contributed by atoms with Gasteiger partial charge in [0, 0.05) is 6.20 Å². The molecule has 1 rings (SSSR count). The average Bonchev–Trinajstić information content (AvgIpc) is 1.83. The summed E-state index contributed by atoms with van der Waals surface area (Å²) < 4.78 is 11.5. The third kappa shape index (κ3) is 1.96. The SMILES string of the molecule is CP(C)(=O)c1cnc(Cl)nc1N. The van der Waals surface area contributed by atoms with Crippen LogP contribution >= 0.6 is 18.7 Å². The van der Waals surface area contributed by atoms with Crippen molar-refractivity contribution in [2.24, 2.45) is 0 Å². The van der Waals surface area contributed by atoms with Gasteiger partial charge in [0.05, 0.1) is 5.30 Å². The third-order valence-electron chi connectivity index (χ3n) is 1.35. The molecule has 0 radical (unpaired) electrons. The van der Waals surface area contributed by atoms with Gasteiger partial charge in [-0.2, -0.15) is 0 Å². The predicted molar refractivity (Wildman–Crippen MR) is 50.5 cm³/mol. The molecule has 1 aromatic rings. The molecule has 1 aromatic heterocycles. The molecule has 0 spiro atoms. The van der Waals surface area contributed by atoms with Crippen molar-refractivity contribution in [2.45, 2.75) is 0 Å². The van der Waals surface area contributed by atoms with Crippen LogP contribution in [0.4, 0.5) is 5.82 Å². The van der Waals surface area contributed by atoms with Gasteiger partial charge in [-0.3, -0.25) is 0 Å². The molecule has 0 bridgehead atoms. The van der Waals surface area contributed by atoms with E-state index in [0.29, 0.717) is 5.30 Å². The average molecular weight is 206 g/mol. The van der Waals surface area contributed by atoms with Gasteiger partial charge in [-0.05, 0) is 24.9 Å². The van der Waals surface area contributed by atoms with E-state index in [1.54, 1.807) is 13.3 Å². The smallest absolute Gasteiger partial charge is 0.224 e. The fourth-order valence-electron chi connectivity index (χ4n) is 0.781. The van der Waals surface area contributed by atoms with E-state index in [-0.39, 0.29) is 11.1 Å². The van der Waals surface area contributed by atoms with E-state index in [9.17, 15) is 4.57 Å². The number of nitrogen functional groups attached to an aromatic ring is 1. The molecule has 0 amide bonds. The summed E-state index contributed by atoms with van der Waals surface area (Å²) in [6, 6.07) is 0. The highest BCUT2D eigenvalue weighted by Crippen LogP contribution is 2.35. The van der Waals surface area contributed by atoms with Gasteiger partial charge in [-0.25, -0.2) is 9.97 Å². The molecule has 0 aliphatic rings. The Balaban J connectivity index is 3.28. The molecule has 0 aliphatic carbocycles. The normalized spacial score (nSPS) is 11.6. The number of halogens is 1. The Hall–Kier alpha value is -0.600. The minimum atomic E-state index is -2.38. The zero-order chi connectivity index (χ0) is 9.35. The standard InChI is InChI=1S/C6H9ClN3OP/c1-12(2,11)4-3-9-6(7)10-5(4)8/h3H,1-2H3,(H2,8,9,10). The van der Waals surface area contributed by atoms with Gasteiger partial charge in [0.25, 0.3) is 0 Å². The van der Waals surface area contributed by atoms with Crippen LogP contribution in [0.3, 0.4) is 0 Å². The molecule has 66 valence electrons. The molecule has 0 aromatic carbocycles. The van der Waals surface area contributed by atoms with Gasteiger partial charge >= 0.3 is 0 Å². The summed E-state index contributed by atoms with van der Waals surface area (Å²) in [5.74, 6) is 0.198. The first-order chi connectivity index (χ1) is 5.41. The number of nitrogens with zero attached hydrogens (tertiary/aromatic N) is 2. The van der Waals surface area contributed by atoms with Gasteiger partial charge in [0.2, 0.25) is 5.28 Å². The second kappa shape index (κ2) is 3.04. The quantitative estimate of drug-likeness (QED) is 0.548. The lowest BCUT2D eigenvalue weighted by atomic mass is 10.6. The molecule has 0 fully saturated rings. The molecule has 2 N–H and O–H groups in total. The van der Waals surface area contributed by atoms with Crippen molar-refractivity contribution in [1.82, 2.24) is 9.97 Å². The van der Waals surface area contributed by atoms with Crippen molar-refractivity contribution < 1.29 is 4.57 Å². The van der Waals surface area contributed by atoms with Crippen LogP contribution in [0.5, 0.6) is 0 Å². The van der Waals surface area contributed by atoms with Crippen LogP contribution in [0.2, 0.25) is 5.28 Å². The summed E-state index contributed by atoms with van der Waals surface area (Å²) in [6.07, 6.45) is 1.41. The number of aromatic nitrogens is 2. The molecule has 6 heteroatoms. The highest BCUT2D eigenvalue weighted by molar-refractivity contribution is 7.70. The first-order valence-corrected chi connectivity index (χ1v) is 6.23. The van der Waals surface area contributed by atoms with E-state index >= 15 is 0 Å². The second-order valence-corrected chi connectivity index (χ2v) is 6.28. The first-order valence-electron chi connectivity index (χ1n) is 3.25. The minimum absolute atomic E-state index is 0.0738. The zero-order valence-electron chi connectivity index (χ0n) is 6.78. The van der Waals surface area contributed by atoms with Crippen molar-refractivity contribution in [3.63, 3.8) is 0 Å². The lowest BCUT2D eigenvalue weighted by Gasteiger charge is -2.07. The van der Waals surface area contributed by atoms with Crippen LogP contribution in [0.1, 0.15) is 0 Å². The topological polar surface area (TPSA) is 68.9 Å². The first kappa shape index (κ1) is 9.49. The summed E-state index contributed by atoms with van der Waals surface area (Å²) in [6.45, 7) is 3.21. The Labute approximate surface area is 75.5 Å². The Bertz CT molecular complexity index is 349. The molecule has 0 aliphatic heterocycles. The number of hydrogen-bond acceptors (Lipinski definition) is 4. The van der Waals surface area contributed by atoms with Gasteiger partial charge in [0.15, 0.2) is 0 Å². The molecule has 12 heavy (non-hydrogen) atoms. The molecule has 1 heterocycles. The van der Waals surface area contributed by atoms with E-state index in [1.165, 1.54) is 6.20 Å². The third-order valence-corrected chi connectivity index (χ3v) is 3.04. The van der Waals surface area contributed by atoms with Crippen molar-refractivity contribution in [3.05, 3.63) is 11.5 Å². The Morgan fingerprint density at radius 1 is 1.58 bits per heavy atom. The molecule has 0 unspecified atom stereocenters. The van der Waals surface area contributed by atoms with E-state index in [1.807, 2.05) is 0 Å². The Morgan fingerprint density at radius 2 is 2.17 bits per heavy atom. The maximum atomic E-state index is 11.5. The monoisotopic (exact) mass is 205 g/mol. The van der Waals surface area contributed by atoms with E-state index < -0.39 is 7.14 Å². The summed E-state index contributed by atoms with van der Waals surface area (Å²) >= 11 is 5.48. The van der Waals surface area contributed by atoms with E-state index in [4.69, 9.17) is 17.3 Å². The second-order valence-electron chi connectivity index (χ2n) is 2.76. The van der Waals surface area contributed by atoms with Gasteiger partial charge in [0.1, 0.15) is 13.0 Å². The highest BCUT2D eigenvalue weighted by Gasteiger charge is 2.16. The van der Waals surface area contributed by atoms with Crippen molar-refractivity contribution in [1.29, 1.82) is 0 Å². The number of hydrogen-bond donors (Lipinski definition) is 1. The molecule has 0 saturated heterocycles. The lowest BCUT2D eigenvalue weighted by molar-refractivity contribution is 0.588. The largest absolute Gasteiger partial charge is 0.383 e. The summed E-state index contributed by atoms with van der Waals surface area (Å²) in [5, 5.41) is 0.552. The number of nitrogens with two attached hydrogens (primary N) is 1. The van der Waals surface area contributed by atoms with Crippen molar-refractivity contribution in [2.75, 3.05) is 19.1 Å². The maximum Gasteiger partial charge on any atom is 0.224 e. The predicted octanol–water partition coefficient (Wildman–Crippen LogP) is 0.960. The maximum absolute atomic E-state index is 11.5. The van der Waals surface area contributed by atoms with Crippen LogP contribution < -0.4 is 11.0 Å². The molecule has 0 saturated carbocycles. The van der Waals surface area contributed by atoms with E-state index in [0.717, 1.165) is 0 Å². The molecular formula is C6H9ClN3OP. The lowest BCUT2D eigenvalue weighted by Crippen LogP contribution is -2.13. The van der Waals surface area contributed by atoms with Crippen LogP contribution in [0.25, 0.3) is 0 Å². The van der Waals surface area contributed by atoms with Gasteiger partial charge in [-0.15, -0.1) is 0 Å². The van der Waals surface area contributed by atoms with E-state index in [2.05, 4.69) is 9.97 Å². The minimum Gasteiger partial charge on any atom is -0.383 e. The Kier molecular flexibility index (Phi) is 2.40. The van der Waals surface area contributed by atoms with Crippen LogP contribution in [-0.4, -0.2) is 23.3 Å². The van der Waals surface area contributed by atoms with Crippen LogP contribution in [0.15, 0.2) is 6.20 Å². The molecule has 0 atom stereocenters. The summed E-state index contributed by atoms with van der Waals surface area (Å²) in [5.41, 5.74) is 5.50. The summed E-state index contributed by atoms with van der Waals surface area (Å²) in [7, 11) is -2.38. The fourth-order valence-corrected chi connectivity index (χ4v) is 1.86. The van der Waals surface area contributed by atoms with Crippen molar-refractivity contribution in [3.8, 4) is 0 Å². The fraction of sp³-hybridized carbons (Fsp3) is 0.333. The van der Waals surface area contributed by atoms with Crippen LogP contribution in [-0.2, 0) is 4.57 Å². The molecule has 4 nitrogen and oxygen atoms in total. The number of rotatable bonds is 1. The van der Waals surface area contributed by atoms with Gasteiger partial charge in [-0.1, -0.05) is 0 Å². The molecular weight excluding hydrogens is 197 g/mol. The van der Waals surface area contributed by atoms with Crippen molar-refractivity contribution >= 4 is 29.9 Å². The van der Waals surface area contributed by atoms with Crippen LogP contribution in [0, 0.1) is 0 Å². The van der Waals surface area contributed by atoms with Gasteiger partial charge < -0.3 is 10.3 Å². The summed E-state index contributed by atoms with van der Waals surface area (Å²) in [4.78, 5) is 7.41. The Morgan fingerprint density at radius 3 is 2.58 bits per heavy atom. The highest BCUT2D eigenvalue weighted by atomic mass is 35.5. The number of anilines is 1.